The fourth-order valence-corrected chi connectivity index (χ4v) is 3.28. The van der Waals surface area contributed by atoms with E-state index in [4.69, 9.17) is 5.73 Å². The first-order chi connectivity index (χ1) is 11.6. The van der Waals surface area contributed by atoms with Gasteiger partial charge in [0.05, 0.1) is 0 Å². The fourth-order valence-electron chi connectivity index (χ4n) is 3.28. The third kappa shape index (κ3) is 5.21. The van der Waals surface area contributed by atoms with E-state index in [9.17, 15) is 9.59 Å². The number of carbonyl (C=O) groups excluding carboxylic acids is 2. The van der Waals surface area contributed by atoms with Crippen LogP contribution in [-0.2, 0) is 11.3 Å². The molecule has 146 valence electrons. The summed E-state index contributed by atoms with van der Waals surface area (Å²) in [7, 11) is 1.81. The van der Waals surface area contributed by atoms with Gasteiger partial charge in [0.25, 0.3) is 5.91 Å². The number of carbonyl (C=O) groups is 2. The van der Waals surface area contributed by atoms with Crippen LogP contribution in [0.5, 0.6) is 0 Å². The highest BCUT2D eigenvalue weighted by molar-refractivity contribution is 5.94. The lowest BCUT2D eigenvalue weighted by atomic mass is 9.79. The summed E-state index contributed by atoms with van der Waals surface area (Å²) in [5, 5.41) is 0. The Kier molecular flexibility index (Phi) is 7.66. The Labute approximate surface area is 163 Å². The van der Waals surface area contributed by atoms with E-state index in [0.29, 0.717) is 25.2 Å². The van der Waals surface area contributed by atoms with Crippen molar-refractivity contribution in [2.24, 2.45) is 17.1 Å². The van der Waals surface area contributed by atoms with Gasteiger partial charge in [-0.25, -0.2) is 0 Å². The lowest BCUT2D eigenvalue weighted by Crippen LogP contribution is -2.54. The van der Waals surface area contributed by atoms with E-state index in [1.165, 1.54) is 0 Å². The Balaban J connectivity index is 0.00000338. The van der Waals surface area contributed by atoms with Crippen molar-refractivity contribution in [3.05, 3.63) is 35.4 Å². The predicted molar refractivity (Wildman–Crippen MR) is 107 cm³/mol. The number of rotatable bonds is 4. The highest BCUT2D eigenvalue weighted by Gasteiger charge is 2.35. The van der Waals surface area contributed by atoms with Gasteiger partial charge in [-0.1, -0.05) is 39.8 Å². The van der Waals surface area contributed by atoms with Gasteiger partial charge in [0, 0.05) is 44.2 Å². The van der Waals surface area contributed by atoms with E-state index in [1.54, 1.807) is 11.9 Å². The standard InChI is InChI=1S/C20H31N3O2.ClH/c1-14(2)18(24)22(5)12-15-6-8-16(9-7-15)19(25)23-11-10-17(21)20(3,4)13-23;/h6-9,14,17H,10-13,21H2,1-5H3;1H. The number of piperidine rings is 1. The molecule has 1 aliphatic rings. The van der Waals surface area contributed by atoms with Crippen molar-refractivity contribution in [1.82, 2.24) is 9.80 Å². The molecule has 0 radical (unpaired) electrons. The molecule has 5 nitrogen and oxygen atoms in total. The second kappa shape index (κ2) is 8.87. The molecular formula is C20H32ClN3O2. The molecular weight excluding hydrogens is 350 g/mol. The SMILES string of the molecule is CC(C)C(=O)N(C)Cc1ccc(C(=O)N2CCC(N)C(C)(C)C2)cc1.Cl. The second-order valence-electron chi connectivity index (χ2n) is 8.16. The monoisotopic (exact) mass is 381 g/mol. The number of likely N-dealkylation sites (tertiary alicyclic amines) is 1. The van der Waals surface area contributed by atoms with Crippen LogP contribution in [0.25, 0.3) is 0 Å². The van der Waals surface area contributed by atoms with Crippen LogP contribution in [0, 0.1) is 11.3 Å². The number of hydrogen-bond donors (Lipinski definition) is 1. The molecule has 6 heteroatoms. The van der Waals surface area contributed by atoms with Crippen LogP contribution in [0.15, 0.2) is 24.3 Å². The van der Waals surface area contributed by atoms with Crippen molar-refractivity contribution in [1.29, 1.82) is 0 Å². The summed E-state index contributed by atoms with van der Waals surface area (Å²) >= 11 is 0. The zero-order valence-corrected chi connectivity index (χ0v) is 17.3. The van der Waals surface area contributed by atoms with Gasteiger partial charge >= 0.3 is 0 Å². The molecule has 1 saturated heterocycles. The van der Waals surface area contributed by atoms with Crippen LogP contribution < -0.4 is 5.73 Å². The second-order valence-corrected chi connectivity index (χ2v) is 8.16. The van der Waals surface area contributed by atoms with Crippen LogP contribution >= 0.6 is 12.4 Å². The van der Waals surface area contributed by atoms with Gasteiger partial charge in [0.15, 0.2) is 0 Å². The maximum Gasteiger partial charge on any atom is 0.253 e. The molecule has 0 spiro atoms. The third-order valence-corrected chi connectivity index (χ3v) is 5.09. The molecule has 0 bridgehead atoms. The fraction of sp³-hybridized carbons (Fsp3) is 0.600. The molecule has 2 amide bonds. The molecule has 0 aromatic heterocycles. The van der Waals surface area contributed by atoms with Gasteiger partial charge in [0.1, 0.15) is 0 Å². The van der Waals surface area contributed by atoms with Gasteiger partial charge in [-0.2, -0.15) is 0 Å². The van der Waals surface area contributed by atoms with E-state index in [-0.39, 0.29) is 41.6 Å². The summed E-state index contributed by atoms with van der Waals surface area (Å²) in [6.45, 7) is 9.96. The molecule has 1 aromatic rings. The Morgan fingerprint density at radius 2 is 1.85 bits per heavy atom. The minimum Gasteiger partial charge on any atom is -0.341 e. The molecule has 1 unspecified atom stereocenters. The van der Waals surface area contributed by atoms with E-state index < -0.39 is 0 Å². The normalized spacial score (nSPS) is 19.0. The van der Waals surface area contributed by atoms with Gasteiger partial charge in [-0.15, -0.1) is 12.4 Å². The molecule has 1 aliphatic heterocycles. The van der Waals surface area contributed by atoms with Crippen molar-refractivity contribution in [3.63, 3.8) is 0 Å². The van der Waals surface area contributed by atoms with Crippen molar-refractivity contribution in [2.75, 3.05) is 20.1 Å². The quantitative estimate of drug-likeness (QED) is 0.871. The first kappa shape index (κ1) is 22.5. The largest absolute Gasteiger partial charge is 0.341 e. The summed E-state index contributed by atoms with van der Waals surface area (Å²) in [5.74, 6) is 0.157. The lowest BCUT2D eigenvalue weighted by Gasteiger charge is -2.42. The summed E-state index contributed by atoms with van der Waals surface area (Å²) in [4.78, 5) is 28.3. The van der Waals surface area contributed by atoms with Crippen LogP contribution in [0.3, 0.4) is 0 Å². The molecule has 0 saturated carbocycles. The molecule has 2 rings (SSSR count). The van der Waals surface area contributed by atoms with Crippen molar-refractivity contribution >= 4 is 24.2 Å². The molecule has 2 N–H and O–H groups in total. The molecule has 26 heavy (non-hydrogen) atoms. The van der Waals surface area contributed by atoms with Crippen LogP contribution in [0.2, 0.25) is 0 Å². The summed E-state index contributed by atoms with van der Waals surface area (Å²) < 4.78 is 0. The zero-order chi connectivity index (χ0) is 18.8. The number of amides is 2. The van der Waals surface area contributed by atoms with E-state index in [0.717, 1.165) is 12.0 Å². The summed E-state index contributed by atoms with van der Waals surface area (Å²) in [6, 6.07) is 7.70. The Morgan fingerprint density at radius 3 is 2.35 bits per heavy atom. The molecule has 1 atom stereocenters. The van der Waals surface area contributed by atoms with Crippen molar-refractivity contribution in [2.45, 2.75) is 46.7 Å². The van der Waals surface area contributed by atoms with Crippen molar-refractivity contribution in [3.8, 4) is 0 Å². The van der Waals surface area contributed by atoms with Crippen LogP contribution in [-0.4, -0.2) is 47.8 Å². The maximum atomic E-state index is 12.7. The Bertz CT molecular complexity index is 628. The van der Waals surface area contributed by atoms with Crippen molar-refractivity contribution < 1.29 is 9.59 Å². The van der Waals surface area contributed by atoms with E-state index in [1.807, 2.05) is 43.0 Å². The van der Waals surface area contributed by atoms with E-state index >= 15 is 0 Å². The summed E-state index contributed by atoms with van der Waals surface area (Å²) in [6.07, 6.45) is 0.832. The van der Waals surface area contributed by atoms with Gasteiger partial charge in [0.2, 0.25) is 5.91 Å². The van der Waals surface area contributed by atoms with Crippen LogP contribution in [0.4, 0.5) is 0 Å². The highest BCUT2D eigenvalue weighted by atomic mass is 35.5. The number of nitrogens with zero attached hydrogens (tertiary/aromatic N) is 2. The van der Waals surface area contributed by atoms with Gasteiger partial charge in [-0.05, 0) is 29.5 Å². The average Bonchev–Trinajstić information content (AvgIpc) is 2.56. The number of hydrogen-bond acceptors (Lipinski definition) is 3. The zero-order valence-electron chi connectivity index (χ0n) is 16.5. The summed E-state index contributed by atoms with van der Waals surface area (Å²) in [5.41, 5.74) is 7.80. The topological polar surface area (TPSA) is 66.6 Å². The minimum absolute atomic E-state index is 0. The lowest BCUT2D eigenvalue weighted by molar-refractivity contribution is -0.133. The highest BCUT2D eigenvalue weighted by Crippen LogP contribution is 2.28. The average molecular weight is 382 g/mol. The number of halogens is 1. The van der Waals surface area contributed by atoms with Gasteiger partial charge < -0.3 is 15.5 Å². The maximum absolute atomic E-state index is 12.7. The number of benzene rings is 1. The molecule has 1 fully saturated rings. The molecule has 1 heterocycles. The van der Waals surface area contributed by atoms with Crippen LogP contribution in [0.1, 0.15) is 50.0 Å². The van der Waals surface area contributed by atoms with Gasteiger partial charge in [-0.3, -0.25) is 9.59 Å². The first-order valence-electron chi connectivity index (χ1n) is 9.00. The smallest absolute Gasteiger partial charge is 0.253 e. The number of nitrogens with two attached hydrogens (primary N) is 1. The Hall–Kier alpha value is -1.59. The minimum atomic E-state index is -0.0617. The molecule has 1 aromatic carbocycles. The Morgan fingerprint density at radius 1 is 1.27 bits per heavy atom. The predicted octanol–water partition coefficient (Wildman–Crippen LogP) is 2.92. The van der Waals surface area contributed by atoms with E-state index in [2.05, 4.69) is 13.8 Å². The first-order valence-corrected chi connectivity index (χ1v) is 9.00. The molecule has 0 aliphatic carbocycles. The third-order valence-electron chi connectivity index (χ3n) is 5.09.